The average Bonchev–Trinajstić information content (AvgIpc) is 3.05. The van der Waals surface area contributed by atoms with Crippen LogP contribution in [0.3, 0.4) is 0 Å². The highest BCUT2D eigenvalue weighted by molar-refractivity contribution is 5.92. The Morgan fingerprint density at radius 1 is 0.477 bits per heavy atom. The quantitative estimate of drug-likeness (QED) is 0.0752. The number of unbranched alkanes of at least 4 members (excludes halogenated alkanes) is 2. The molecule has 0 unspecified atom stereocenters. The Morgan fingerprint density at radius 3 is 1.14 bits per heavy atom. The molecule has 0 fully saturated rings. The van der Waals surface area contributed by atoms with Crippen molar-refractivity contribution in [3.05, 3.63) is 109 Å². The highest BCUT2D eigenvalue weighted by Gasteiger charge is 2.12. The molecule has 0 aliphatic carbocycles. The van der Waals surface area contributed by atoms with Crippen LogP contribution in [0.15, 0.2) is 98.1 Å². The van der Waals surface area contributed by atoms with E-state index in [1.165, 1.54) is 24.3 Å². The number of carbonyl (C=O) groups is 4. The fourth-order valence-electron chi connectivity index (χ4n) is 3.53. The van der Waals surface area contributed by atoms with Gasteiger partial charge in [-0.3, -0.25) is 0 Å². The topological polar surface area (TPSA) is 124 Å². The molecule has 3 aromatic carbocycles. The predicted octanol–water partition coefficient (Wildman–Crippen LogP) is 5.90. The van der Waals surface area contributed by atoms with E-state index in [0.29, 0.717) is 74.7 Å². The lowest BCUT2D eigenvalue weighted by Gasteiger charge is -2.09. The lowest BCUT2D eigenvalue weighted by Crippen LogP contribution is -2.10. The molecule has 10 nitrogen and oxygen atoms in total. The molecule has 3 aromatic rings. The maximum absolute atomic E-state index is 12.5. The van der Waals surface area contributed by atoms with Crippen LogP contribution < -0.4 is 18.9 Å². The van der Waals surface area contributed by atoms with Gasteiger partial charge < -0.3 is 28.4 Å². The third-order valence-corrected chi connectivity index (χ3v) is 5.86. The van der Waals surface area contributed by atoms with Crippen LogP contribution in [-0.4, -0.2) is 50.3 Å². The molecule has 0 amide bonds. The molecule has 3 rings (SSSR count). The number of benzene rings is 3. The summed E-state index contributed by atoms with van der Waals surface area (Å²) in [5.41, 5.74) is 0.677. The molecule has 0 atom stereocenters. The van der Waals surface area contributed by atoms with Crippen molar-refractivity contribution < 1.29 is 47.6 Å². The summed E-state index contributed by atoms with van der Waals surface area (Å²) in [5, 5.41) is 0. The van der Waals surface area contributed by atoms with Crippen molar-refractivity contribution in [2.45, 2.75) is 25.7 Å². The largest absolute Gasteiger partial charge is 0.494 e. The van der Waals surface area contributed by atoms with E-state index >= 15 is 0 Å². The van der Waals surface area contributed by atoms with Crippen LogP contribution in [0.1, 0.15) is 46.4 Å². The predicted molar refractivity (Wildman–Crippen MR) is 161 cm³/mol. The van der Waals surface area contributed by atoms with Gasteiger partial charge in [0.25, 0.3) is 0 Å². The van der Waals surface area contributed by atoms with Crippen molar-refractivity contribution in [1.29, 1.82) is 0 Å². The Hall–Kier alpha value is -5.38. The number of hydrogen-bond acceptors (Lipinski definition) is 10. The Kier molecular flexibility index (Phi) is 13.7. The Balaban J connectivity index is 1.37. The summed E-state index contributed by atoms with van der Waals surface area (Å²) in [6.07, 6.45) is 4.95. The van der Waals surface area contributed by atoms with Crippen molar-refractivity contribution in [3.8, 4) is 23.0 Å². The molecule has 0 aliphatic heterocycles. The maximum Gasteiger partial charge on any atom is 0.343 e. The fraction of sp³-hybridized carbons (Fsp3) is 0.235. The van der Waals surface area contributed by atoms with E-state index in [0.717, 1.165) is 12.2 Å². The average molecular weight is 603 g/mol. The third kappa shape index (κ3) is 11.8. The molecule has 0 aromatic heterocycles. The molecule has 0 saturated carbocycles. The molecule has 0 saturated heterocycles. The zero-order valence-corrected chi connectivity index (χ0v) is 24.2. The molecule has 0 N–H and O–H groups in total. The van der Waals surface area contributed by atoms with Crippen LogP contribution in [0, 0.1) is 0 Å². The highest BCUT2D eigenvalue weighted by atomic mass is 16.5. The lowest BCUT2D eigenvalue weighted by atomic mass is 10.2. The van der Waals surface area contributed by atoms with Crippen LogP contribution >= 0.6 is 0 Å². The molecular formula is C34H34O10. The lowest BCUT2D eigenvalue weighted by molar-refractivity contribution is -0.138. The van der Waals surface area contributed by atoms with Crippen molar-refractivity contribution in [2.75, 3.05) is 26.4 Å². The van der Waals surface area contributed by atoms with E-state index in [4.69, 9.17) is 28.4 Å². The van der Waals surface area contributed by atoms with Gasteiger partial charge in [0.1, 0.15) is 23.0 Å². The van der Waals surface area contributed by atoms with Gasteiger partial charge in [0.2, 0.25) is 0 Å². The fourth-order valence-corrected chi connectivity index (χ4v) is 3.53. The standard InChI is InChI=1S/C34H34O10/c1-3-31(35)41-23-7-5-21-39-27-13-9-25(10-14-27)33(37)43-29-17-19-30(20-18-29)44-34(38)26-11-15-28(16-12-26)40-22-6-8-24-42-32(36)4-2/h3-4,9-20H,1-2,5-8,21-24H2. The second kappa shape index (κ2) is 18.2. The molecule has 0 aliphatic rings. The first-order valence-electron chi connectivity index (χ1n) is 14.0. The first kappa shape index (κ1) is 33.1. The molecule has 0 bridgehead atoms. The SMILES string of the molecule is C=CC(=O)OCCCCOc1ccc(C(=O)Oc2ccc(OC(=O)c3ccc(OCCCCOC(=O)C=C)cc3)cc2)cc1. The number of hydrogen-bond donors (Lipinski definition) is 0. The molecule has 230 valence electrons. The number of ether oxygens (including phenoxy) is 6. The Labute approximate surface area is 255 Å². The smallest absolute Gasteiger partial charge is 0.343 e. The van der Waals surface area contributed by atoms with E-state index in [-0.39, 0.29) is 11.5 Å². The normalized spacial score (nSPS) is 10.2. The second-order valence-electron chi connectivity index (χ2n) is 9.15. The first-order valence-corrected chi connectivity index (χ1v) is 14.0. The summed E-state index contributed by atoms with van der Waals surface area (Å²) < 4.78 is 31.9. The van der Waals surface area contributed by atoms with Gasteiger partial charge in [-0.15, -0.1) is 0 Å². The molecule has 10 heteroatoms. The summed E-state index contributed by atoms with van der Waals surface area (Å²) in [6.45, 7) is 8.15. The summed E-state index contributed by atoms with van der Waals surface area (Å²) >= 11 is 0. The minimum atomic E-state index is -0.552. The zero-order chi connectivity index (χ0) is 31.6. The summed E-state index contributed by atoms with van der Waals surface area (Å²) in [5.74, 6) is -0.242. The van der Waals surface area contributed by atoms with Gasteiger partial charge in [-0.05, 0) is 98.5 Å². The maximum atomic E-state index is 12.5. The summed E-state index contributed by atoms with van der Waals surface area (Å²) in [7, 11) is 0. The monoisotopic (exact) mass is 602 g/mol. The number of carbonyl (C=O) groups excluding carboxylic acids is 4. The van der Waals surface area contributed by atoms with Gasteiger partial charge in [0.15, 0.2) is 0 Å². The van der Waals surface area contributed by atoms with Gasteiger partial charge in [0, 0.05) is 12.2 Å². The van der Waals surface area contributed by atoms with E-state index < -0.39 is 23.9 Å². The van der Waals surface area contributed by atoms with Crippen molar-refractivity contribution in [1.82, 2.24) is 0 Å². The summed E-state index contributed by atoms with van der Waals surface area (Å²) in [6, 6.07) is 19.2. The van der Waals surface area contributed by atoms with Crippen LogP contribution in [0.2, 0.25) is 0 Å². The van der Waals surface area contributed by atoms with E-state index in [2.05, 4.69) is 13.2 Å². The molecule has 44 heavy (non-hydrogen) atoms. The second-order valence-corrected chi connectivity index (χ2v) is 9.15. The Morgan fingerprint density at radius 2 is 0.795 bits per heavy atom. The van der Waals surface area contributed by atoms with E-state index in [1.807, 2.05) is 0 Å². The number of esters is 4. The molecule has 0 radical (unpaired) electrons. The van der Waals surface area contributed by atoms with Crippen LogP contribution in [0.25, 0.3) is 0 Å². The van der Waals surface area contributed by atoms with Crippen LogP contribution in [0.5, 0.6) is 23.0 Å². The molecule has 0 spiro atoms. The molecular weight excluding hydrogens is 568 g/mol. The van der Waals surface area contributed by atoms with Gasteiger partial charge in [-0.1, -0.05) is 13.2 Å². The van der Waals surface area contributed by atoms with Crippen molar-refractivity contribution in [3.63, 3.8) is 0 Å². The first-order chi connectivity index (χ1) is 21.4. The highest BCUT2D eigenvalue weighted by Crippen LogP contribution is 2.21. The van der Waals surface area contributed by atoms with Gasteiger partial charge in [0.05, 0.1) is 37.6 Å². The van der Waals surface area contributed by atoms with E-state index in [9.17, 15) is 19.2 Å². The number of rotatable bonds is 18. The minimum Gasteiger partial charge on any atom is -0.494 e. The van der Waals surface area contributed by atoms with Crippen LogP contribution in [0.4, 0.5) is 0 Å². The zero-order valence-electron chi connectivity index (χ0n) is 24.2. The van der Waals surface area contributed by atoms with Crippen molar-refractivity contribution in [2.24, 2.45) is 0 Å². The van der Waals surface area contributed by atoms with Gasteiger partial charge in [-0.25, -0.2) is 19.2 Å². The third-order valence-electron chi connectivity index (χ3n) is 5.86. The Bertz CT molecular complexity index is 1280. The summed E-state index contributed by atoms with van der Waals surface area (Å²) in [4.78, 5) is 47.1. The van der Waals surface area contributed by atoms with Gasteiger partial charge in [-0.2, -0.15) is 0 Å². The van der Waals surface area contributed by atoms with Crippen molar-refractivity contribution >= 4 is 23.9 Å². The van der Waals surface area contributed by atoms with Crippen LogP contribution in [-0.2, 0) is 19.1 Å². The van der Waals surface area contributed by atoms with E-state index in [1.54, 1.807) is 48.5 Å². The minimum absolute atomic E-state index is 0.285. The molecule has 0 heterocycles. The van der Waals surface area contributed by atoms with Gasteiger partial charge >= 0.3 is 23.9 Å².